The number of nitrogens with zero attached hydrogens (tertiary/aromatic N) is 1. The molecule has 3 nitrogen and oxygen atoms in total. The number of benzene rings is 1. The van der Waals surface area contributed by atoms with Gasteiger partial charge in [-0.1, -0.05) is 12.1 Å². The standard InChI is InChI=1S/C14H21FN2O/c1-14(18)4-6-17(7-5-14)10-12-8-11(9-16)2-3-13(12)15/h2-3,8,18H,4-7,9-10,16H2,1H3. The van der Waals surface area contributed by atoms with E-state index >= 15 is 0 Å². The number of halogens is 1. The van der Waals surface area contributed by atoms with Gasteiger partial charge in [-0.05, 0) is 31.4 Å². The van der Waals surface area contributed by atoms with Gasteiger partial charge in [0.05, 0.1) is 5.60 Å². The van der Waals surface area contributed by atoms with Crippen LogP contribution < -0.4 is 5.73 Å². The van der Waals surface area contributed by atoms with E-state index in [1.807, 2.05) is 13.0 Å². The molecule has 1 saturated heterocycles. The van der Waals surface area contributed by atoms with E-state index in [4.69, 9.17) is 5.73 Å². The van der Waals surface area contributed by atoms with Gasteiger partial charge in [-0.15, -0.1) is 0 Å². The van der Waals surface area contributed by atoms with Crippen molar-refractivity contribution in [1.29, 1.82) is 0 Å². The predicted octanol–water partition coefficient (Wildman–Crippen LogP) is 1.63. The van der Waals surface area contributed by atoms with Gasteiger partial charge >= 0.3 is 0 Å². The molecular formula is C14H21FN2O. The van der Waals surface area contributed by atoms with Crippen molar-refractivity contribution < 1.29 is 9.50 Å². The third-order valence-corrected chi connectivity index (χ3v) is 3.67. The summed E-state index contributed by atoms with van der Waals surface area (Å²) in [5, 5.41) is 9.88. The molecule has 0 bridgehead atoms. The lowest BCUT2D eigenvalue weighted by atomic mass is 9.93. The van der Waals surface area contributed by atoms with Crippen molar-refractivity contribution in [2.45, 2.75) is 38.5 Å². The Morgan fingerprint density at radius 3 is 2.67 bits per heavy atom. The zero-order chi connectivity index (χ0) is 13.2. The average Bonchev–Trinajstić information content (AvgIpc) is 2.34. The highest BCUT2D eigenvalue weighted by Crippen LogP contribution is 2.23. The summed E-state index contributed by atoms with van der Waals surface area (Å²) in [5.41, 5.74) is 6.66. The number of piperidine rings is 1. The van der Waals surface area contributed by atoms with Crippen molar-refractivity contribution in [2.24, 2.45) is 5.73 Å². The molecule has 0 aliphatic carbocycles. The second kappa shape index (κ2) is 5.34. The number of rotatable bonds is 3. The number of nitrogens with two attached hydrogens (primary N) is 1. The lowest BCUT2D eigenvalue weighted by molar-refractivity contribution is -0.00750. The zero-order valence-corrected chi connectivity index (χ0v) is 10.8. The highest BCUT2D eigenvalue weighted by Gasteiger charge is 2.27. The van der Waals surface area contributed by atoms with Gasteiger partial charge in [-0.25, -0.2) is 4.39 Å². The third-order valence-electron chi connectivity index (χ3n) is 3.67. The van der Waals surface area contributed by atoms with Gasteiger partial charge in [-0.2, -0.15) is 0 Å². The van der Waals surface area contributed by atoms with E-state index in [2.05, 4.69) is 4.90 Å². The SMILES string of the molecule is CC1(O)CCN(Cc2cc(CN)ccc2F)CC1. The van der Waals surface area contributed by atoms with Gasteiger partial charge in [0.25, 0.3) is 0 Å². The highest BCUT2D eigenvalue weighted by molar-refractivity contribution is 5.25. The fraction of sp³-hybridized carbons (Fsp3) is 0.571. The highest BCUT2D eigenvalue weighted by atomic mass is 19.1. The summed E-state index contributed by atoms with van der Waals surface area (Å²) in [6, 6.07) is 5.04. The Hall–Kier alpha value is -0.970. The van der Waals surface area contributed by atoms with Crippen LogP contribution in [0.25, 0.3) is 0 Å². The van der Waals surface area contributed by atoms with Crippen LogP contribution in [0.3, 0.4) is 0 Å². The zero-order valence-electron chi connectivity index (χ0n) is 10.8. The molecule has 1 heterocycles. The Kier molecular flexibility index (Phi) is 4.00. The largest absolute Gasteiger partial charge is 0.390 e. The number of hydrogen-bond donors (Lipinski definition) is 2. The van der Waals surface area contributed by atoms with Crippen molar-refractivity contribution in [3.05, 3.63) is 35.1 Å². The molecule has 0 radical (unpaired) electrons. The minimum absolute atomic E-state index is 0.176. The van der Waals surface area contributed by atoms with Crippen LogP contribution in [0.1, 0.15) is 30.9 Å². The van der Waals surface area contributed by atoms with Crippen LogP contribution in [0.5, 0.6) is 0 Å². The molecule has 0 atom stereocenters. The van der Waals surface area contributed by atoms with Crippen LogP contribution in [-0.2, 0) is 13.1 Å². The molecular weight excluding hydrogens is 231 g/mol. The molecule has 100 valence electrons. The number of aliphatic hydroxyl groups is 1. The van der Waals surface area contributed by atoms with Crippen molar-refractivity contribution in [3.63, 3.8) is 0 Å². The minimum atomic E-state index is -0.561. The average molecular weight is 252 g/mol. The molecule has 4 heteroatoms. The van der Waals surface area contributed by atoms with Gasteiger partial charge in [0, 0.05) is 31.7 Å². The van der Waals surface area contributed by atoms with Gasteiger partial charge in [0.2, 0.25) is 0 Å². The van der Waals surface area contributed by atoms with Crippen molar-refractivity contribution in [3.8, 4) is 0 Å². The Labute approximate surface area is 107 Å². The van der Waals surface area contributed by atoms with Gasteiger partial charge in [-0.3, -0.25) is 4.90 Å². The third kappa shape index (κ3) is 3.28. The Bertz CT molecular complexity index is 410. The lowest BCUT2D eigenvalue weighted by Gasteiger charge is -2.35. The summed E-state index contributed by atoms with van der Waals surface area (Å²) in [7, 11) is 0. The summed E-state index contributed by atoms with van der Waals surface area (Å²) >= 11 is 0. The molecule has 1 aromatic rings. The van der Waals surface area contributed by atoms with E-state index in [0.717, 1.165) is 31.5 Å². The first-order valence-corrected chi connectivity index (χ1v) is 6.42. The quantitative estimate of drug-likeness (QED) is 0.859. The normalized spacial score (nSPS) is 20.0. The topological polar surface area (TPSA) is 49.5 Å². The first kappa shape index (κ1) is 13.5. The Morgan fingerprint density at radius 2 is 2.06 bits per heavy atom. The molecule has 18 heavy (non-hydrogen) atoms. The van der Waals surface area contributed by atoms with Crippen LogP contribution >= 0.6 is 0 Å². The maximum atomic E-state index is 13.7. The smallest absolute Gasteiger partial charge is 0.127 e. The van der Waals surface area contributed by atoms with Crippen molar-refractivity contribution in [2.75, 3.05) is 13.1 Å². The monoisotopic (exact) mass is 252 g/mol. The van der Waals surface area contributed by atoms with Crippen LogP contribution in [-0.4, -0.2) is 28.7 Å². The molecule has 1 aromatic carbocycles. The van der Waals surface area contributed by atoms with Crippen LogP contribution in [0.2, 0.25) is 0 Å². The molecule has 0 saturated carbocycles. The first-order chi connectivity index (χ1) is 8.50. The Balaban J connectivity index is 2.01. The molecule has 0 unspecified atom stereocenters. The first-order valence-electron chi connectivity index (χ1n) is 6.42. The molecule has 1 aliphatic rings. The molecule has 0 amide bonds. The second-order valence-corrected chi connectivity index (χ2v) is 5.40. The maximum Gasteiger partial charge on any atom is 0.127 e. The van der Waals surface area contributed by atoms with Gasteiger partial charge in [0.1, 0.15) is 5.82 Å². The fourth-order valence-electron chi connectivity index (χ4n) is 2.31. The summed E-state index contributed by atoms with van der Waals surface area (Å²) in [5.74, 6) is -0.176. The molecule has 2 rings (SSSR count). The Morgan fingerprint density at radius 1 is 1.39 bits per heavy atom. The van der Waals surface area contributed by atoms with Crippen LogP contribution in [0.15, 0.2) is 18.2 Å². The molecule has 0 spiro atoms. The van der Waals surface area contributed by atoms with E-state index in [1.165, 1.54) is 6.07 Å². The number of hydrogen-bond acceptors (Lipinski definition) is 3. The maximum absolute atomic E-state index is 13.7. The van der Waals surface area contributed by atoms with E-state index in [0.29, 0.717) is 18.7 Å². The molecule has 0 aromatic heterocycles. The summed E-state index contributed by atoms with van der Waals surface area (Å²) < 4.78 is 13.7. The van der Waals surface area contributed by atoms with E-state index in [1.54, 1.807) is 6.07 Å². The second-order valence-electron chi connectivity index (χ2n) is 5.40. The van der Waals surface area contributed by atoms with E-state index in [-0.39, 0.29) is 5.82 Å². The van der Waals surface area contributed by atoms with Gasteiger partial charge in [0.15, 0.2) is 0 Å². The van der Waals surface area contributed by atoms with Gasteiger partial charge < -0.3 is 10.8 Å². The number of likely N-dealkylation sites (tertiary alicyclic amines) is 1. The lowest BCUT2D eigenvalue weighted by Crippen LogP contribution is -2.42. The van der Waals surface area contributed by atoms with E-state index in [9.17, 15) is 9.50 Å². The van der Waals surface area contributed by atoms with Crippen LogP contribution in [0.4, 0.5) is 4.39 Å². The predicted molar refractivity (Wildman–Crippen MR) is 69.4 cm³/mol. The van der Waals surface area contributed by atoms with E-state index < -0.39 is 5.60 Å². The minimum Gasteiger partial charge on any atom is -0.390 e. The summed E-state index contributed by atoms with van der Waals surface area (Å²) in [6.07, 6.45) is 1.48. The van der Waals surface area contributed by atoms with Crippen molar-refractivity contribution >= 4 is 0 Å². The molecule has 1 aliphatic heterocycles. The fourth-order valence-corrected chi connectivity index (χ4v) is 2.31. The summed E-state index contributed by atoms with van der Waals surface area (Å²) in [6.45, 7) is 4.50. The molecule has 3 N–H and O–H groups in total. The van der Waals surface area contributed by atoms with Crippen molar-refractivity contribution in [1.82, 2.24) is 4.90 Å². The molecule has 1 fully saturated rings. The van der Waals surface area contributed by atoms with Crippen LogP contribution in [0, 0.1) is 5.82 Å². The summed E-state index contributed by atoms with van der Waals surface area (Å²) in [4.78, 5) is 2.18.